The molecule has 0 unspecified atom stereocenters. The lowest BCUT2D eigenvalue weighted by molar-refractivity contribution is -0.383. The fraction of sp³-hybridized carbons (Fsp3) is 0.294. The summed E-state index contributed by atoms with van der Waals surface area (Å²) < 4.78 is 9.73. The Bertz CT molecular complexity index is 939. The van der Waals surface area contributed by atoms with Gasteiger partial charge in [0.15, 0.2) is 5.16 Å². The summed E-state index contributed by atoms with van der Waals surface area (Å²) in [4.78, 5) is 44.1. The van der Waals surface area contributed by atoms with E-state index in [0.29, 0.717) is 5.56 Å². The van der Waals surface area contributed by atoms with E-state index in [-0.39, 0.29) is 35.5 Å². The van der Waals surface area contributed by atoms with Gasteiger partial charge in [-0.05, 0) is 30.9 Å². The van der Waals surface area contributed by atoms with Crippen molar-refractivity contribution >= 4 is 41.1 Å². The van der Waals surface area contributed by atoms with Gasteiger partial charge in [0, 0.05) is 0 Å². The molecule has 154 valence electrons. The lowest BCUT2D eigenvalue weighted by Crippen LogP contribution is -2.33. The van der Waals surface area contributed by atoms with E-state index in [1.54, 1.807) is 31.4 Å². The molecule has 1 aromatic heterocycles. The van der Waals surface area contributed by atoms with Crippen LogP contribution in [0.2, 0.25) is 0 Å². The molecular formula is C17H19N5O6S. The summed E-state index contributed by atoms with van der Waals surface area (Å²) in [6, 6.07) is 6.29. The summed E-state index contributed by atoms with van der Waals surface area (Å²) in [6.45, 7) is 1.49. The number of nitro groups is 1. The van der Waals surface area contributed by atoms with Crippen molar-refractivity contribution in [3.05, 3.63) is 45.5 Å². The minimum atomic E-state index is -0.857. The van der Waals surface area contributed by atoms with Crippen LogP contribution in [0.5, 0.6) is 0 Å². The fourth-order valence-electron chi connectivity index (χ4n) is 2.42. The van der Waals surface area contributed by atoms with Crippen molar-refractivity contribution in [1.82, 2.24) is 9.97 Å². The van der Waals surface area contributed by atoms with Crippen molar-refractivity contribution in [2.45, 2.75) is 18.6 Å². The van der Waals surface area contributed by atoms with Crippen LogP contribution in [-0.4, -0.2) is 46.9 Å². The second-order valence-corrected chi connectivity index (χ2v) is 6.28. The molecule has 1 aromatic carbocycles. The molecule has 0 saturated heterocycles. The summed E-state index contributed by atoms with van der Waals surface area (Å²) in [5, 5.41) is 11.7. The number of thioether (sulfide) groups is 1. The largest absolute Gasteiger partial charge is 0.465 e. The van der Waals surface area contributed by atoms with E-state index in [2.05, 4.69) is 9.97 Å². The van der Waals surface area contributed by atoms with Crippen LogP contribution in [0.3, 0.4) is 0 Å². The molecule has 29 heavy (non-hydrogen) atoms. The maximum Gasteiger partial charge on any atom is 0.415 e. The van der Waals surface area contributed by atoms with Crippen LogP contribution in [-0.2, 0) is 16.0 Å². The highest BCUT2D eigenvalue weighted by atomic mass is 32.2. The molecule has 0 saturated carbocycles. The van der Waals surface area contributed by atoms with Crippen molar-refractivity contribution in [2.75, 3.05) is 30.6 Å². The molecule has 0 radical (unpaired) electrons. The Labute approximate surface area is 170 Å². The van der Waals surface area contributed by atoms with E-state index in [4.69, 9.17) is 15.2 Å². The lowest BCUT2D eigenvalue weighted by Gasteiger charge is -2.21. The molecule has 0 aliphatic heterocycles. The number of hydrogen-bond donors (Lipinski definition) is 1. The van der Waals surface area contributed by atoms with Gasteiger partial charge in [-0.15, -0.1) is 0 Å². The Morgan fingerprint density at radius 3 is 2.66 bits per heavy atom. The summed E-state index contributed by atoms with van der Waals surface area (Å²) in [7, 11) is 1.25. The highest BCUT2D eigenvalue weighted by Crippen LogP contribution is 2.34. The quantitative estimate of drug-likeness (QED) is 0.232. The van der Waals surface area contributed by atoms with Gasteiger partial charge in [0.2, 0.25) is 11.6 Å². The monoisotopic (exact) mass is 421 g/mol. The Kier molecular flexibility index (Phi) is 7.31. The number of esters is 1. The number of rotatable bonds is 7. The molecule has 0 spiro atoms. The van der Waals surface area contributed by atoms with E-state index >= 15 is 0 Å². The first-order valence-electron chi connectivity index (χ1n) is 8.29. The predicted molar refractivity (Wildman–Crippen MR) is 106 cm³/mol. The SMILES string of the molecule is CCOC(=O)N(Cc1cccc(C(=O)OC)c1)c1nc(SC)nc(N)c1[N+](=O)[O-]. The van der Waals surface area contributed by atoms with Crippen LogP contribution in [0.4, 0.5) is 22.1 Å². The number of amides is 1. The first-order valence-corrected chi connectivity index (χ1v) is 9.52. The average Bonchev–Trinajstić information content (AvgIpc) is 2.70. The minimum Gasteiger partial charge on any atom is -0.465 e. The zero-order valence-corrected chi connectivity index (χ0v) is 16.8. The molecule has 0 fully saturated rings. The number of carbonyl (C=O) groups excluding carboxylic acids is 2. The normalized spacial score (nSPS) is 10.3. The van der Waals surface area contributed by atoms with Crippen LogP contribution in [0, 0.1) is 10.1 Å². The number of aromatic nitrogens is 2. The van der Waals surface area contributed by atoms with Gasteiger partial charge in [-0.25, -0.2) is 9.59 Å². The number of nitrogens with zero attached hydrogens (tertiary/aromatic N) is 4. The van der Waals surface area contributed by atoms with Crippen LogP contribution in [0.1, 0.15) is 22.8 Å². The molecule has 1 heterocycles. The fourth-order valence-corrected chi connectivity index (χ4v) is 2.79. The van der Waals surface area contributed by atoms with E-state index < -0.39 is 22.7 Å². The first-order chi connectivity index (χ1) is 13.8. The van der Waals surface area contributed by atoms with Crippen molar-refractivity contribution in [2.24, 2.45) is 0 Å². The molecule has 0 aliphatic rings. The third-order valence-corrected chi connectivity index (χ3v) is 4.22. The van der Waals surface area contributed by atoms with Crippen molar-refractivity contribution in [1.29, 1.82) is 0 Å². The minimum absolute atomic E-state index is 0.0429. The number of hydrogen-bond acceptors (Lipinski definition) is 10. The first kappa shape index (κ1) is 21.9. The highest BCUT2D eigenvalue weighted by Gasteiger charge is 2.32. The zero-order chi connectivity index (χ0) is 21.6. The van der Waals surface area contributed by atoms with E-state index in [1.165, 1.54) is 13.2 Å². The third kappa shape index (κ3) is 5.10. The predicted octanol–water partition coefficient (Wildman–Crippen LogP) is 2.64. The number of carbonyl (C=O) groups is 2. The molecule has 11 nitrogen and oxygen atoms in total. The van der Waals surface area contributed by atoms with Gasteiger partial charge in [-0.3, -0.25) is 15.0 Å². The lowest BCUT2D eigenvalue weighted by atomic mass is 10.1. The zero-order valence-electron chi connectivity index (χ0n) is 15.9. The van der Waals surface area contributed by atoms with Crippen LogP contribution < -0.4 is 10.6 Å². The Balaban J connectivity index is 2.58. The number of nitrogens with two attached hydrogens (primary N) is 1. The van der Waals surface area contributed by atoms with Gasteiger partial charge in [-0.1, -0.05) is 23.9 Å². The molecule has 2 aromatic rings. The molecule has 1 amide bonds. The third-order valence-electron chi connectivity index (χ3n) is 3.67. The van der Waals surface area contributed by atoms with Gasteiger partial charge in [0.1, 0.15) is 0 Å². The molecule has 2 rings (SSSR count). The molecule has 0 aliphatic carbocycles. The van der Waals surface area contributed by atoms with Gasteiger partial charge in [-0.2, -0.15) is 9.97 Å². The van der Waals surface area contributed by atoms with Gasteiger partial charge >= 0.3 is 17.7 Å². The molecule has 0 atom stereocenters. The smallest absolute Gasteiger partial charge is 0.415 e. The maximum absolute atomic E-state index is 12.6. The number of nitrogen functional groups attached to an aromatic ring is 1. The van der Waals surface area contributed by atoms with Crippen molar-refractivity contribution < 1.29 is 24.0 Å². The summed E-state index contributed by atoms with van der Waals surface area (Å²) in [5.74, 6) is -1.23. The molecular weight excluding hydrogens is 402 g/mol. The second kappa shape index (κ2) is 9.68. The average molecular weight is 421 g/mol. The summed E-state index contributed by atoms with van der Waals surface area (Å²) in [6.07, 6.45) is 0.808. The second-order valence-electron chi connectivity index (χ2n) is 5.50. The van der Waals surface area contributed by atoms with Crippen LogP contribution in [0.15, 0.2) is 29.4 Å². The van der Waals surface area contributed by atoms with Crippen LogP contribution >= 0.6 is 11.8 Å². The van der Waals surface area contributed by atoms with Crippen molar-refractivity contribution in [3.8, 4) is 0 Å². The van der Waals surface area contributed by atoms with Gasteiger partial charge in [0.05, 0.1) is 30.7 Å². The maximum atomic E-state index is 12.6. The van der Waals surface area contributed by atoms with Gasteiger partial charge < -0.3 is 15.2 Å². The molecule has 12 heteroatoms. The molecule has 2 N–H and O–H groups in total. The number of benzene rings is 1. The van der Waals surface area contributed by atoms with Gasteiger partial charge in [0.25, 0.3) is 0 Å². The number of anilines is 2. The van der Waals surface area contributed by atoms with E-state index in [0.717, 1.165) is 16.7 Å². The topological polar surface area (TPSA) is 151 Å². The number of methoxy groups -OCH3 is 1. The summed E-state index contributed by atoms with van der Waals surface area (Å²) in [5.41, 5.74) is 5.89. The highest BCUT2D eigenvalue weighted by molar-refractivity contribution is 7.98. The molecule has 0 bridgehead atoms. The van der Waals surface area contributed by atoms with Crippen molar-refractivity contribution in [3.63, 3.8) is 0 Å². The van der Waals surface area contributed by atoms with E-state index in [1.807, 2.05) is 0 Å². The Morgan fingerprint density at radius 2 is 2.07 bits per heavy atom. The summed E-state index contributed by atoms with van der Waals surface area (Å²) >= 11 is 1.11. The van der Waals surface area contributed by atoms with Crippen LogP contribution in [0.25, 0.3) is 0 Å². The standard InChI is InChI=1S/C17H19N5O6S/c1-4-28-17(24)21(9-10-6-5-7-11(8-10)15(23)27-2)14-12(22(25)26)13(18)19-16(20-14)29-3/h5-8H,4,9H2,1-3H3,(H2,18,19,20). The Morgan fingerprint density at radius 1 is 1.34 bits per heavy atom. The number of ether oxygens (including phenoxy) is 2. The Hall–Kier alpha value is -3.41. The van der Waals surface area contributed by atoms with E-state index in [9.17, 15) is 19.7 Å².